The van der Waals surface area contributed by atoms with Crippen LogP contribution in [-0.4, -0.2) is 108 Å². The molecule has 5 amide bonds. The summed E-state index contributed by atoms with van der Waals surface area (Å²) >= 11 is 0. The van der Waals surface area contributed by atoms with Crippen LogP contribution in [0.1, 0.15) is 68.8 Å². The zero-order valence-electron chi connectivity index (χ0n) is 31.5. The van der Waals surface area contributed by atoms with Crippen LogP contribution in [-0.2, 0) is 25.6 Å². The third-order valence-corrected chi connectivity index (χ3v) is 8.90. The van der Waals surface area contributed by atoms with E-state index in [1.165, 1.54) is 14.0 Å². The van der Waals surface area contributed by atoms with Gasteiger partial charge in [0.15, 0.2) is 18.1 Å². The molecule has 0 spiro atoms. The van der Waals surface area contributed by atoms with E-state index < -0.39 is 30.0 Å². The molecule has 0 aliphatic carbocycles. The molecule has 2 aromatic carbocycles. The standard InChI is InChI=1S/C39H53N7O8/c1-25(2)21-30-37(50)45-35(26(3)47)38(51)43-15-5-6-19-46(39(52)29-10-7-9-28(23-29)36-41-17-18-42-36)20-8-16-40-34(49)24-54-31-13-11-27(22-32(31)53-4)12-14-33(48)44-30/h7,9-11,13,17-18,22-23,25-26,30,35,47H,5-6,8,12,14-16,19-21,24H2,1-4H3,(H,40,49)(H,41,42)(H,43,51)(H,44,48)(H,45,50)/t26-,30-,35+/m1/s1. The molecule has 3 aromatic rings. The first-order valence-corrected chi connectivity index (χ1v) is 18.5. The quantitative estimate of drug-likeness (QED) is 0.205. The lowest BCUT2D eigenvalue weighted by atomic mass is 10.0. The van der Waals surface area contributed by atoms with E-state index in [-0.39, 0.29) is 43.2 Å². The Bertz CT molecular complexity index is 1710. The molecule has 54 heavy (non-hydrogen) atoms. The number of benzene rings is 2. The van der Waals surface area contributed by atoms with Crippen molar-refractivity contribution in [3.63, 3.8) is 0 Å². The molecule has 3 heterocycles. The van der Waals surface area contributed by atoms with E-state index in [1.807, 2.05) is 19.9 Å². The third kappa shape index (κ3) is 12.6. The number of methoxy groups -OCH3 is 1. The Morgan fingerprint density at radius 1 is 0.944 bits per heavy atom. The van der Waals surface area contributed by atoms with Gasteiger partial charge in [0.05, 0.1) is 13.2 Å². The molecule has 2 aliphatic heterocycles. The van der Waals surface area contributed by atoms with Crippen LogP contribution in [0.15, 0.2) is 54.9 Å². The summed E-state index contributed by atoms with van der Waals surface area (Å²) in [6.07, 6.45) is 4.41. The van der Waals surface area contributed by atoms with Crippen molar-refractivity contribution < 1.29 is 38.6 Å². The number of hydrogen-bond acceptors (Lipinski definition) is 9. The number of aromatic nitrogens is 2. The summed E-state index contributed by atoms with van der Waals surface area (Å²) in [6.45, 7) is 6.27. The predicted molar refractivity (Wildman–Crippen MR) is 202 cm³/mol. The highest BCUT2D eigenvalue weighted by Crippen LogP contribution is 2.28. The number of aliphatic hydroxyl groups excluding tert-OH is 1. The molecule has 0 saturated carbocycles. The molecule has 15 heteroatoms. The van der Waals surface area contributed by atoms with Crippen molar-refractivity contribution in [2.75, 3.05) is 39.9 Å². The van der Waals surface area contributed by atoms with Gasteiger partial charge < -0.3 is 45.7 Å². The molecule has 2 aliphatic rings. The maximum absolute atomic E-state index is 13.8. The van der Waals surface area contributed by atoms with Crippen molar-refractivity contribution in [3.8, 4) is 22.9 Å². The maximum Gasteiger partial charge on any atom is 0.257 e. The smallest absolute Gasteiger partial charge is 0.257 e. The summed E-state index contributed by atoms with van der Waals surface area (Å²) in [6, 6.07) is 10.2. The van der Waals surface area contributed by atoms with Crippen LogP contribution in [0.5, 0.6) is 11.5 Å². The predicted octanol–water partition coefficient (Wildman–Crippen LogP) is 2.35. The van der Waals surface area contributed by atoms with Crippen molar-refractivity contribution in [3.05, 3.63) is 66.0 Å². The fraction of sp³-hybridized carbons (Fsp3) is 0.487. The third-order valence-electron chi connectivity index (χ3n) is 8.90. The Labute approximate surface area is 316 Å². The molecule has 0 saturated heterocycles. The van der Waals surface area contributed by atoms with E-state index in [0.717, 1.165) is 11.1 Å². The van der Waals surface area contributed by atoms with Crippen LogP contribution in [0.2, 0.25) is 0 Å². The van der Waals surface area contributed by atoms with E-state index in [1.54, 1.807) is 53.7 Å². The van der Waals surface area contributed by atoms with Crippen LogP contribution in [0.3, 0.4) is 0 Å². The molecule has 292 valence electrons. The number of aliphatic hydroxyl groups is 1. The fourth-order valence-corrected chi connectivity index (χ4v) is 6.03. The molecule has 0 fully saturated rings. The average molecular weight is 748 g/mol. The van der Waals surface area contributed by atoms with E-state index in [2.05, 4.69) is 31.2 Å². The Kier molecular flexibility index (Phi) is 15.8. The van der Waals surface area contributed by atoms with Gasteiger partial charge in [-0.3, -0.25) is 24.0 Å². The zero-order valence-corrected chi connectivity index (χ0v) is 31.5. The van der Waals surface area contributed by atoms with Crippen molar-refractivity contribution in [2.45, 2.75) is 77.5 Å². The number of aromatic amines is 1. The van der Waals surface area contributed by atoms with Gasteiger partial charge in [-0.1, -0.05) is 32.0 Å². The van der Waals surface area contributed by atoms with Crippen LogP contribution in [0.4, 0.5) is 0 Å². The first-order valence-electron chi connectivity index (χ1n) is 18.5. The summed E-state index contributed by atoms with van der Waals surface area (Å²) < 4.78 is 11.2. The minimum atomic E-state index is -1.24. The van der Waals surface area contributed by atoms with E-state index >= 15 is 0 Å². The molecule has 3 atom stereocenters. The second kappa shape index (κ2) is 20.7. The second-order valence-corrected chi connectivity index (χ2v) is 13.8. The van der Waals surface area contributed by atoms with Gasteiger partial charge in [-0.15, -0.1) is 0 Å². The van der Waals surface area contributed by atoms with Crippen LogP contribution in [0.25, 0.3) is 11.4 Å². The molecule has 1 aromatic heterocycles. The summed E-state index contributed by atoms with van der Waals surface area (Å²) in [5.41, 5.74) is 2.03. The molecule has 15 nitrogen and oxygen atoms in total. The number of nitrogens with one attached hydrogen (secondary N) is 5. The van der Waals surface area contributed by atoms with Gasteiger partial charge in [0.25, 0.3) is 11.8 Å². The van der Waals surface area contributed by atoms with Gasteiger partial charge >= 0.3 is 0 Å². The normalized spacial score (nSPS) is 19.6. The van der Waals surface area contributed by atoms with Gasteiger partial charge in [-0.2, -0.15) is 0 Å². The van der Waals surface area contributed by atoms with E-state index in [4.69, 9.17) is 9.47 Å². The van der Waals surface area contributed by atoms with Gasteiger partial charge in [0, 0.05) is 56.1 Å². The Morgan fingerprint density at radius 2 is 1.72 bits per heavy atom. The lowest BCUT2D eigenvalue weighted by Gasteiger charge is -2.26. The highest BCUT2D eigenvalue weighted by Gasteiger charge is 2.30. The number of carbonyl (C=O) groups excluding carboxylic acids is 5. The summed E-state index contributed by atoms with van der Waals surface area (Å²) in [7, 11) is 1.48. The molecule has 0 radical (unpaired) electrons. The number of ether oxygens (including phenoxy) is 2. The average Bonchev–Trinajstić information content (AvgIpc) is 3.70. The number of H-pyrrole nitrogens is 1. The van der Waals surface area contributed by atoms with Crippen LogP contribution in [0, 0.1) is 5.92 Å². The van der Waals surface area contributed by atoms with Gasteiger partial charge in [0.2, 0.25) is 17.7 Å². The number of fused-ring (bicyclic) bond motifs is 23. The molecule has 6 N–H and O–H groups in total. The minimum Gasteiger partial charge on any atom is -0.493 e. The first kappa shape index (κ1) is 41.3. The van der Waals surface area contributed by atoms with Crippen molar-refractivity contribution in [1.29, 1.82) is 0 Å². The Balaban J connectivity index is 1.51. The number of hydrogen-bond donors (Lipinski definition) is 6. The molecular formula is C39H53N7O8. The van der Waals surface area contributed by atoms with Crippen molar-refractivity contribution in [2.24, 2.45) is 5.92 Å². The molecule has 2 bridgehead atoms. The second-order valence-electron chi connectivity index (χ2n) is 13.8. The van der Waals surface area contributed by atoms with Crippen molar-refractivity contribution >= 4 is 29.5 Å². The minimum absolute atomic E-state index is 0.0468. The lowest BCUT2D eigenvalue weighted by Crippen LogP contribution is -2.57. The number of rotatable bonds is 6. The van der Waals surface area contributed by atoms with Gasteiger partial charge in [-0.25, -0.2) is 4.98 Å². The monoisotopic (exact) mass is 747 g/mol. The van der Waals surface area contributed by atoms with Gasteiger partial charge in [0.1, 0.15) is 17.9 Å². The van der Waals surface area contributed by atoms with E-state index in [0.29, 0.717) is 74.6 Å². The highest BCUT2D eigenvalue weighted by molar-refractivity contribution is 5.95. The molecular weight excluding hydrogens is 694 g/mol. The van der Waals surface area contributed by atoms with Gasteiger partial charge in [-0.05, 0) is 74.8 Å². The summed E-state index contributed by atoms with van der Waals surface area (Å²) in [5, 5.41) is 21.5. The number of nitrogens with zero attached hydrogens (tertiary/aromatic N) is 2. The number of imidazole rings is 1. The van der Waals surface area contributed by atoms with Crippen molar-refractivity contribution in [1.82, 2.24) is 36.1 Å². The van der Waals surface area contributed by atoms with E-state index in [9.17, 15) is 29.1 Å². The Hall–Kier alpha value is -5.44. The maximum atomic E-state index is 13.8. The zero-order chi connectivity index (χ0) is 39.0. The summed E-state index contributed by atoms with van der Waals surface area (Å²) in [5.74, 6) is -0.574. The number of amides is 5. The van der Waals surface area contributed by atoms with Crippen LogP contribution < -0.4 is 30.7 Å². The molecule has 5 rings (SSSR count). The SMILES string of the molecule is COc1cc2ccc1OCC(=O)NCCCN(C(=O)c1cccc(-c3ncc[nH]3)c1)CCCCNC(=O)[C@H]([C@@H](C)O)NC(=O)[C@@H](CC(C)C)NC(=O)CC2. The number of carbonyl (C=O) groups is 5. The topological polar surface area (TPSA) is 204 Å². The highest BCUT2D eigenvalue weighted by atomic mass is 16.5. The first-order chi connectivity index (χ1) is 25.9. The summed E-state index contributed by atoms with van der Waals surface area (Å²) in [4.78, 5) is 75.1. The number of aryl methyl sites for hydroxylation is 1. The largest absolute Gasteiger partial charge is 0.493 e. The lowest BCUT2D eigenvalue weighted by molar-refractivity contribution is -0.134. The molecule has 0 unspecified atom stereocenters. The van der Waals surface area contributed by atoms with Crippen LogP contribution >= 0.6 is 0 Å². The Morgan fingerprint density at radius 3 is 2.44 bits per heavy atom. The fourth-order valence-electron chi connectivity index (χ4n) is 6.03.